The minimum absolute atomic E-state index is 0.104. The number of carbonyl (C=O) groups excluding carboxylic acids is 1. The van der Waals surface area contributed by atoms with Crippen molar-refractivity contribution >= 4 is 28.9 Å². The highest BCUT2D eigenvalue weighted by atomic mass is 35.5. The third-order valence-electron chi connectivity index (χ3n) is 4.70. The van der Waals surface area contributed by atoms with Crippen molar-refractivity contribution < 1.29 is 4.79 Å². The van der Waals surface area contributed by atoms with Crippen molar-refractivity contribution in [3.63, 3.8) is 0 Å². The Bertz CT molecular complexity index is 972. The molecule has 28 heavy (non-hydrogen) atoms. The quantitative estimate of drug-likeness (QED) is 0.682. The zero-order chi connectivity index (χ0) is 19.3. The maximum atomic E-state index is 12.5. The van der Waals surface area contributed by atoms with Crippen molar-refractivity contribution in [1.82, 2.24) is 5.01 Å². The van der Waals surface area contributed by atoms with Gasteiger partial charge in [0.05, 0.1) is 5.71 Å². The zero-order valence-electron chi connectivity index (χ0n) is 15.3. The maximum Gasteiger partial charge on any atom is 0.245 e. The number of hydrazone groups is 1. The monoisotopic (exact) mass is 389 g/mol. The minimum atomic E-state index is -0.104. The van der Waals surface area contributed by atoms with E-state index in [0.717, 1.165) is 17.0 Å². The molecule has 0 saturated carbocycles. The molecule has 1 unspecified atom stereocenters. The van der Waals surface area contributed by atoms with Gasteiger partial charge < -0.3 is 5.32 Å². The predicted octanol–water partition coefficient (Wildman–Crippen LogP) is 4.78. The van der Waals surface area contributed by atoms with E-state index >= 15 is 0 Å². The first-order valence-corrected chi connectivity index (χ1v) is 9.56. The van der Waals surface area contributed by atoms with Crippen LogP contribution in [0, 0.1) is 0 Å². The van der Waals surface area contributed by atoms with E-state index in [-0.39, 0.29) is 18.4 Å². The van der Waals surface area contributed by atoms with Crippen LogP contribution in [0.25, 0.3) is 0 Å². The number of halogens is 1. The highest BCUT2D eigenvalue weighted by Crippen LogP contribution is 2.28. The van der Waals surface area contributed by atoms with Crippen LogP contribution in [-0.2, 0) is 4.79 Å². The standard InChI is InChI=1S/C23H20ClN3O/c24-19-11-13-20(14-12-19)25-22(28)16-27-15-21(17-7-3-1-4-8-17)23(26-27)18-9-5-2-6-10-18/h1-14,21H,15-16H2,(H,25,28). The predicted molar refractivity (Wildman–Crippen MR) is 114 cm³/mol. The number of hydrogen-bond donors (Lipinski definition) is 1. The summed E-state index contributed by atoms with van der Waals surface area (Å²) >= 11 is 5.90. The summed E-state index contributed by atoms with van der Waals surface area (Å²) in [6, 6.07) is 27.5. The Hall–Kier alpha value is -3.11. The molecule has 0 spiro atoms. The third-order valence-corrected chi connectivity index (χ3v) is 4.95. The Morgan fingerprint density at radius 2 is 1.61 bits per heavy atom. The molecule has 1 amide bonds. The number of nitrogens with zero attached hydrogens (tertiary/aromatic N) is 2. The fourth-order valence-corrected chi connectivity index (χ4v) is 3.50. The molecule has 3 aromatic rings. The highest BCUT2D eigenvalue weighted by molar-refractivity contribution is 6.30. The second-order valence-corrected chi connectivity index (χ2v) is 7.15. The molecule has 3 aromatic carbocycles. The molecule has 1 atom stereocenters. The van der Waals surface area contributed by atoms with Gasteiger partial charge in [-0.25, -0.2) is 0 Å². The van der Waals surface area contributed by atoms with E-state index < -0.39 is 0 Å². The van der Waals surface area contributed by atoms with E-state index in [0.29, 0.717) is 11.6 Å². The second-order valence-electron chi connectivity index (χ2n) is 6.72. The summed E-state index contributed by atoms with van der Waals surface area (Å²) in [5, 5.41) is 10.2. The molecule has 140 valence electrons. The van der Waals surface area contributed by atoms with Crippen molar-refractivity contribution in [3.05, 3.63) is 101 Å². The number of carbonyl (C=O) groups is 1. The first-order chi connectivity index (χ1) is 13.7. The molecular weight excluding hydrogens is 370 g/mol. The van der Waals surface area contributed by atoms with Crippen molar-refractivity contribution in [2.45, 2.75) is 5.92 Å². The van der Waals surface area contributed by atoms with Crippen molar-refractivity contribution in [2.24, 2.45) is 5.10 Å². The molecule has 0 aliphatic carbocycles. The van der Waals surface area contributed by atoms with Crippen LogP contribution in [0.2, 0.25) is 5.02 Å². The summed E-state index contributed by atoms with van der Waals surface area (Å²) in [6.45, 7) is 0.866. The van der Waals surface area contributed by atoms with Gasteiger partial charge in [-0.1, -0.05) is 72.3 Å². The minimum Gasteiger partial charge on any atom is -0.324 e. The molecule has 0 radical (unpaired) electrons. The molecule has 0 bridgehead atoms. The smallest absolute Gasteiger partial charge is 0.245 e. The topological polar surface area (TPSA) is 44.7 Å². The van der Waals surface area contributed by atoms with E-state index in [9.17, 15) is 4.79 Å². The van der Waals surface area contributed by atoms with Crippen molar-refractivity contribution in [1.29, 1.82) is 0 Å². The summed E-state index contributed by atoms with van der Waals surface area (Å²) in [7, 11) is 0. The summed E-state index contributed by atoms with van der Waals surface area (Å²) in [4.78, 5) is 12.5. The van der Waals surface area contributed by atoms with Gasteiger partial charge in [0.15, 0.2) is 0 Å². The van der Waals surface area contributed by atoms with E-state index in [4.69, 9.17) is 16.7 Å². The zero-order valence-corrected chi connectivity index (χ0v) is 16.0. The highest BCUT2D eigenvalue weighted by Gasteiger charge is 2.29. The normalized spacial score (nSPS) is 16.0. The van der Waals surface area contributed by atoms with Gasteiger partial charge in [0.1, 0.15) is 6.54 Å². The van der Waals surface area contributed by atoms with Crippen LogP contribution >= 0.6 is 11.6 Å². The van der Waals surface area contributed by atoms with Gasteiger partial charge in [-0.05, 0) is 35.4 Å². The average Bonchev–Trinajstić information content (AvgIpc) is 3.15. The Labute approximate surface area is 169 Å². The number of benzene rings is 3. The van der Waals surface area contributed by atoms with Gasteiger partial charge in [-0.3, -0.25) is 9.80 Å². The molecule has 5 heteroatoms. The molecule has 1 heterocycles. The van der Waals surface area contributed by atoms with E-state index in [1.165, 1.54) is 5.56 Å². The van der Waals surface area contributed by atoms with Crippen LogP contribution in [0.5, 0.6) is 0 Å². The lowest BCUT2D eigenvalue weighted by atomic mass is 9.91. The van der Waals surface area contributed by atoms with Gasteiger partial charge >= 0.3 is 0 Å². The number of amides is 1. The molecular formula is C23H20ClN3O. The number of anilines is 1. The second kappa shape index (κ2) is 8.28. The first kappa shape index (κ1) is 18.3. The Balaban J connectivity index is 1.52. The van der Waals surface area contributed by atoms with E-state index in [1.54, 1.807) is 24.3 Å². The van der Waals surface area contributed by atoms with Crippen LogP contribution in [0.15, 0.2) is 90.0 Å². The fraction of sp³-hybridized carbons (Fsp3) is 0.130. The molecule has 1 aliphatic rings. The third kappa shape index (κ3) is 4.24. The molecule has 1 N–H and O–H groups in total. The van der Waals surface area contributed by atoms with Crippen LogP contribution in [0.4, 0.5) is 5.69 Å². The molecule has 0 saturated heterocycles. The molecule has 1 aliphatic heterocycles. The van der Waals surface area contributed by atoms with Crippen LogP contribution in [0.1, 0.15) is 17.0 Å². The van der Waals surface area contributed by atoms with Crippen LogP contribution < -0.4 is 5.32 Å². The van der Waals surface area contributed by atoms with Gasteiger partial charge in [-0.15, -0.1) is 0 Å². The van der Waals surface area contributed by atoms with Crippen LogP contribution in [-0.4, -0.2) is 29.7 Å². The van der Waals surface area contributed by atoms with E-state index in [1.807, 2.05) is 41.4 Å². The summed E-state index contributed by atoms with van der Waals surface area (Å²) in [6.07, 6.45) is 0. The summed E-state index contributed by atoms with van der Waals surface area (Å²) in [5.41, 5.74) is 3.99. The summed E-state index contributed by atoms with van der Waals surface area (Å²) < 4.78 is 0. The Morgan fingerprint density at radius 3 is 2.29 bits per heavy atom. The van der Waals surface area contributed by atoms with Crippen molar-refractivity contribution in [2.75, 3.05) is 18.4 Å². The molecule has 0 fully saturated rings. The lowest BCUT2D eigenvalue weighted by Crippen LogP contribution is -2.29. The van der Waals surface area contributed by atoms with Gasteiger partial charge in [0.2, 0.25) is 5.91 Å². The molecule has 0 aromatic heterocycles. The fourth-order valence-electron chi connectivity index (χ4n) is 3.38. The summed E-state index contributed by atoms with van der Waals surface area (Å²) in [5.74, 6) is 0.0270. The van der Waals surface area contributed by atoms with Gasteiger partial charge in [0.25, 0.3) is 0 Å². The molecule has 4 rings (SSSR count). The maximum absolute atomic E-state index is 12.5. The Morgan fingerprint density at radius 1 is 0.964 bits per heavy atom. The number of rotatable bonds is 5. The van der Waals surface area contributed by atoms with Gasteiger partial charge in [-0.2, -0.15) is 5.10 Å². The lowest BCUT2D eigenvalue weighted by molar-refractivity contribution is -0.117. The van der Waals surface area contributed by atoms with Crippen molar-refractivity contribution in [3.8, 4) is 0 Å². The SMILES string of the molecule is O=C(CN1CC(c2ccccc2)C(c2ccccc2)=N1)Nc1ccc(Cl)cc1. The first-order valence-electron chi connectivity index (χ1n) is 9.18. The largest absolute Gasteiger partial charge is 0.324 e. The molecule has 4 nitrogen and oxygen atoms in total. The lowest BCUT2D eigenvalue weighted by Gasteiger charge is -2.16. The van der Waals surface area contributed by atoms with E-state index in [2.05, 4.69) is 29.6 Å². The van der Waals surface area contributed by atoms with Gasteiger partial charge in [0, 0.05) is 23.2 Å². The average molecular weight is 390 g/mol. The number of hydrogen-bond acceptors (Lipinski definition) is 3. The number of nitrogens with one attached hydrogen (secondary N) is 1. The van der Waals surface area contributed by atoms with Crippen LogP contribution in [0.3, 0.4) is 0 Å². The Kier molecular flexibility index (Phi) is 5.40.